The first-order valence-electron chi connectivity index (χ1n) is 6.67. The van der Waals surface area contributed by atoms with Gasteiger partial charge in [-0.3, -0.25) is 10.1 Å². The van der Waals surface area contributed by atoms with Crippen LogP contribution in [0.1, 0.15) is 6.92 Å². The molecular weight excluding hydrogens is 338 g/mol. The minimum atomic E-state index is -0.495. The quantitative estimate of drug-likeness (QED) is 0.679. The van der Waals surface area contributed by atoms with Crippen molar-refractivity contribution in [2.45, 2.75) is 13.0 Å². The van der Waals surface area contributed by atoms with Gasteiger partial charge in [-0.25, -0.2) is 4.79 Å². The number of amides is 3. The average Bonchev–Trinajstić information content (AvgIpc) is 2.48. The summed E-state index contributed by atoms with van der Waals surface area (Å²) in [5, 5.41) is 4.62. The Hall–Kier alpha value is -1.60. The Morgan fingerprint density at radius 1 is 1.33 bits per heavy atom. The number of ether oxygens (including phenoxy) is 1. The number of imide groups is 1. The first kappa shape index (κ1) is 17.5. The van der Waals surface area contributed by atoms with Crippen LogP contribution in [0.4, 0.5) is 4.79 Å². The molecule has 7 heteroatoms. The van der Waals surface area contributed by atoms with E-state index in [4.69, 9.17) is 4.74 Å². The normalized spacial score (nSPS) is 13.1. The maximum Gasteiger partial charge on any atom is 0.321 e. The van der Waals surface area contributed by atoms with E-state index in [9.17, 15) is 9.59 Å². The monoisotopic (exact) mass is 358 g/mol. The molecule has 0 aromatic heterocycles. The molecule has 0 aliphatic heterocycles. The van der Waals surface area contributed by atoms with Crippen molar-refractivity contribution in [3.8, 4) is 5.75 Å². The van der Waals surface area contributed by atoms with Gasteiger partial charge in [0, 0.05) is 11.5 Å². The fourth-order valence-electron chi connectivity index (χ4n) is 1.58. The van der Waals surface area contributed by atoms with Crippen LogP contribution >= 0.6 is 15.9 Å². The number of halogens is 1. The van der Waals surface area contributed by atoms with Crippen LogP contribution in [0, 0.1) is 0 Å². The number of urea groups is 1. The summed E-state index contributed by atoms with van der Waals surface area (Å²) in [4.78, 5) is 23.8. The summed E-state index contributed by atoms with van der Waals surface area (Å²) in [6, 6.07) is 6.74. The number of hydrogen-bond acceptors (Lipinski definition) is 3. The minimum Gasteiger partial charge on any atom is -0.488 e. The molecule has 3 amide bonds. The Morgan fingerprint density at radius 2 is 1.95 bits per heavy atom. The second kappa shape index (κ2) is 8.63. The van der Waals surface area contributed by atoms with E-state index in [1.165, 1.54) is 7.05 Å². The van der Waals surface area contributed by atoms with Crippen molar-refractivity contribution in [3.05, 3.63) is 28.7 Å². The Labute approximate surface area is 133 Å². The number of carbonyl (C=O) groups is 2. The smallest absolute Gasteiger partial charge is 0.321 e. The summed E-state index contributed by atoms with van der Waals surface area (Å²) in [6.45, 7) is 2.91. The molecule has 6 nitrogen and oxygen atoms in total. The van der Waals surface area contributed by atoms with E-state index in [1.807, 2.05) is 31.3 Å². The van der Waals surface area contributed by atoms with E-state index in [-0.39, 0.29) is 11.9 Å². The predicted octanol–water partition coefficient (Wildman–Crippen LogP) is 0.187. The second-order valence-electron chi connectivity index (χ2n) is 4.69. The van der Waals surface area contributed by atoms with Gasteiger partial charge in [0.1, 0.15) is 18.9 Å². The van der Waals surface area contributed by atoms with Crippen LogP contribution in [-0.2, 0) is 4.79 Å². The zero-order valence-electron chi connectivity index (χ0n) is 12.4. The molecule has 21 heavy (non-hydrogen) atoms. The molecule has 0 heterocycles. The molecule has 0 saturated heterocycles. The summed E-state index contributed by atoms with van der Waals surface area (Å²) >= 11 is 3.36. The molecule has 0 saturated carbocycles. The molecular formula is C14H21BrN3O3+. The Morgan fingerprint density at radius 3 is 2.52 bits per heavy atom. The Bertz CT molecular complexity index is 479. The third-order valence-electron chi connectivity index (χ3n) is 3.18. The number of likely N-dealkylation sites (N-methyl/N-ethyl adjacent to an activating group) is 1. The van der Waals surface area contributed by atoms with Gasteiger partial charge in [0.15, 0.2) is 6.04 Å². The highest BCUT2D eigenvalue weighted by Gasteiger charge is 2.22. The molecule has 0 fully saturated rings. The van der Waals surface area contributed by atoms with Gasteiger partial charge < -0.3 is 15.0 Å². The van der Waals surface area contributed by atoms with Gasteiger partial charge in [0.2, 0.25) is 0 Å². The van der Waals surface area contributed by atoms with Crippen LogP contribution in [0.15, 0.2) is 28.7 Å². The lowest BCUT2D eigenvalue weighted by Crippen LogP contribution is -3.14. The number of hydrogen-bond donors (Lipinski definition) is 3. The molecule has 2 atom stereocenters. The minimum absolute atomic E-state index is 0.310. The van der Waals surface area contributed by atoms with Crippen LogP contribution < -0.4 is 20.3 Å². The average molecular weight is 359 g/mol. The number of quaternary nitrogens is 1. The van der Waals surface area contributed by atoms with Crippen LogP contribution in [0.25, 0.3) is 0 Å². The number of benzene rings is 1. The molecule has 0 aliphatic carbocycles. The molecule has 3 N–H and O–H groups in total. The zero-order valence-corrected chi connectivity index (χ0v) is 14.0. The lowest BCUT2D eigenvalue weighted by Gasteiger charge is -2.20. The third kappa shape index (κ3) is 6.14. The summed E-state index contributed by atoms with van der Waals surface area (Å²) in [5.41, 5.74) is 0. The molecule has 0 bridgehead atoms. The van der Waals surface area contributed by atoms with Gasteiger partial charge in [-0.05, 0) is 31.2 Å². The van der Waals surface area contributed by atoms with Gasteiger partial charge in [0.05, 0.1) is 7.05 Å². The second-order valence-corrected chi connectivity index (χ2v) is 5.60. The number of carbonyl (C=O) groups excluding carboxylic acids is 2. The standard InChI is InChI=1S/C14H20BrN3O3/c1-10(13(19)17-14(20)16-2)18(3)8-9-21-12-6-4-11(15)5-7-12/h4-7,10H,8-9H2,1-3H3,(H2,16,17,19,20)/p+1/t10-/m1/s1. The van der Waals surface area contributed by atoms with Crippen LogP contribution in [0.3, 0.4) is 0 Å². The van der Waals surface area contributed by atoms with Crippen LogP contribution in [0.5, 0.6) is 5.75 Å². The van der Waals surface area contributed by atoms with Crippen molar-refractivity contribution in [2.75, 3.05) is 27.2 Å². The number of nitrogens with one attached hydrogen (secondary N) is 3. The molecule has 1 unspecified atom stereocenters. The van der Waals surface area contributed by atoms with E-state index in [0.29, 0.717) is 13.2 Å². The molecule has 1 rings (SSSR count). The lowest BCUT2D eigenvalue weighted by atomic mass is 10.3. The first-order chi connectivity index (χ1) is 9.93. The van der Waals surface area contributed by atoms with Crippen molar-refractivity contribution in [2.24, 2.45) is 0 Å². The summed E-state index contributed by atoms with van der Waals surface area (Å²) < 4.78 is 6.61. The van der Waals surface area contributed by atoms with Crippen molar-refractivity contribution >= 4 is 27.9 Å². The van der Waals surface area contributed by atoms with E-state index < -0.39 is 6.03 Å². The van der Waals surface area contributed by atoms with Crippen molar-refractivity contribution in [1.29, 1.82) is 0 Å². The maximum absolute atomic E-state index is 11.8. The van der Waals surface area contributed by atoms with Gasteiger partial charge in [-0.15, -0.1) is 0 Å². The first-order valence-corrected chi connectivity index (χ1v) is 7.46. The SMILES string of the molecule is CNC(=O)NC(=O)[C@@H](C)[NH+](C)CCOc1ccc(Br)cc1. The largest absolute Gasteiger partial charge is 0.488 e. The van der Waals surface area contributed by atoms with Crippen LogP contribution in [0.2, 0.25) is 0 Å². The highest BCUT2D eigenvalue weighted by atomic mass is 79.9. The third-order valence-corrected chi connectivity index (χ3v) is 3.70. The zero-order chi connectivity index (χ0) is 15.8. The van der Waals surface area contributed by atoms with E-state index >= 15 is 0 Å². The summed E-state index contributed by atoms with van der Waals surface area (Å²) in [7, 11) is 3.36. The highest BCUT2D eigenvalue weighted by molar-refractivity contribution is 9.10. The molecule has 0 radical (unpaired) electrons. The molecule has 116 valence electrons. The highest BCUT2D eigenvalue weighted by Crippen LogP contribution is 2.15. The van der Waals surface area contributed by atoms with Gasteiger partial charge in [-0.2, -0.15) is 0 Å². The van der Waals surface area contributed by atoms with Gasteiger partial charge in [-0.1, -0.05) is 15.9 Å². The molecule has 1 aromatic carbocycles. The van der Waals surface area contributed by atoms with E-state index in [1.54, 1.807) is 6.92 Å². The van der Waals surface area contributed by atoms with Crippen molar-refractivity contribution in [3.63, 3.8) is 0 Å². The van der Waals surface area contributed by atoms with Crippen LogP contribution in [-0.4, -0.2) is 45.2 Å². The van der Waals surface area contributed by atoms with Gasteiger partial charge in [0.25, 0.3) is 5.91 Å². The molecule has 1 aromatic rings. The lowest BCUT2D eigenvalue weighted by molar-refractivity contribution is -0.894. The predicted molar refractivity (Wildman–Crippen MR) is 83.5 cm³/mol. The van der Waals surface area contributed by atoms with E-state index in [2.05, 4.69) is 26.6 Å². The summed E-state index contributed by atoms with van der Waals surface area (Å²) in [5.74, 6) is 0.476. The molecule has 0 spiro atoms. The summed E-state index contributed by atoms with van der Waals surface area (Å²) in [6.07, 6.45) is 0. The fourth-order valence-corrected chi connectivity index (χ4v) is 1.85. The Kier molecular flexibility index (Phi) is 7.18. The van der Waals surface area contributed by atoms with Crippen molar-refractivity contribution < 1.29 is 19.2 Å². The van der Waals surface area contributed by atoms with Crippen molar-refractivity contribution in [1.82, 2.24) is 10.6 Å². The number of rotatable bonds is 6. The maximum atomic E-state index is 11.8. The topological polar surface area (TPSA) is 71.9 Å². The molecule has 0 aliphatic rings. The fraction of sp³-hybridized carbons (Fsp3) is 0.429. The Balaban J connectivity index is 2.35. The van der Waals surface area contributed by atoms with Gasteiger partial charge >= 0.3 is 6.03 Å². The van der Waals surface area contributed by atoms with E-state index in [0.717, 1.165) is 15.1 Å².